The van der Waals surface area contributed by atoms with E-state index in [1.54, 1.807) is 36.8 Å². The number of phenols is 1. The van der Waals surface area contributed by atoms with Gasteiger partial charge in [0.15, 0.2) is 0 Å². The monoisotopic (exact) mass is 275 g/mol. The molecule has 21 heavy (non-hydrogen) atoms. The lowest BCUT2D eigenvalue weighted by atomic mass is 9.97. The SMILES string of the molecule is C/C(=C(/C#N)c1c[nH]c2ccc(O)cc12)c1cccnc1. The van der Waals surface area contributed by atoms with Crippen LogP contribution in [-0.2, 0) is 0 Å². The number of nitrogens with zero attached hydrogens (tertiary/aromatic N) is 2. The molecule has 0 aliphatic rings. The van der Waals surface area contributed by atoms with Crippen molar-refractivity contribution < 1.29 is 5.11 Å². The van der Waals surface area contributed by atoms with Gasteiger partial charge in [-0.2, -0.15) is 5.26 Å². The van der Waals surface area contributed by atoms with Crippen LogP contribution in [0.4, 0.5) is 0 Å². The molecule has 0 aliphatic carbocycles. The van der Waals surface area contributed by atoms with Gasteiger partial charge >= 0.3 is 0 Å². The smallest absolute Gasteiger partial charge is 0.116 e. The molecule has 2 heterocycles. The van der Waals surface area contributed by atoms with Crippen molar-refractivity contribution in [3.05, 3.63) is 60.0 Å². The van der Waals surface area contributed by atoms with Crippen molar-refractivity contribution in [2.75, 3.05) is 0 Å². The lowest BCUT2D eigenvalue weighted by molar-refractivity contribution is 0.476. The van der Waals surface area contributed by atoms with Crippen molar-refractivity contribution in [2.24, 2.45) is 0 Å². The van der Waals surface area contributed by atoms with Gasteiger partial charge in [0, 0.05) is 35.1 Å². The van der Waals surface area contributed by atoms with Gasteiger partial charge in [-0.1, -0.05) is 6.07 Å². The maximum absolute atomic E-state index is 9.66. The number of nitriles is 1. The van der Waals surface area contributed by atoms with E-state index in [1.165, 1.54) is 0 Å². The molecule has 0 amide bonds. The number of benzene rings is 1. The highest BCUT2D eigenvalue weighted by atomic mass is 16.3. The van der Waals surface area contributed by atoms with Crippen molar-refractivity contribution in [3.63, 3.8) is 0 Å². The van der Waals surface area contributed by atoms with E-state index in [-0.39, 0.29) is 5.75 Å². The van der Waals surface area contributed by atoms with E-state index >= 15 is 0 Å². The van der Waals surface area contributed by atoms with Crippen LogP contribution in [0.5, 0.6) is 5.75 Å². The van der Waals surface area contributed by atoms with Gasteiger partial charge in [0.25, 0.3) is 0 Å². The van der Waals surface area contributed by atoms with E-state index in [9.17, 15) is 10.4 Å². The average molecular weight is 275 g/mol. The Bertz CT molecular complexity index is 870. The van der Waals surface area contributed by atoms with Crippen LogP contribution >= 0.6 is 0 Å². The molecule has 2 aromatic heterocycles. The third kappa shape index (κ3) is 2.26. The molecular formula is C17H13N3O. The predicted octanol–water partition coefficient (Wildman–Crippen LogP) is 3.72. The summed E-state index contributed by atoms with van der Waals surface area (Å²) in [6.07, 6.45) is 5.23. The Morgan fingerprint density at radius 3 is 2.90 bits per heavy atom. The van der Waals surface area contributed by atoms with Crippen molar-refractivity contribution >= 4 is 22.0 Å². The van der Waals surface area contributed by atoms with E-state index in [0.29, 0.717) is 5.57 Å². The number of H-pyrrole nitrogens is 1. The molecule has 0 unspecified atom stereocenters. The van der Waals surface area contributed by atoms with Crippen LogP contribution < -0.4 is 0 Å². The maximum atomic E-state index is 9.66. The summed E-state index contributed by atoms with van der Waals surface area (Å²) in [5.74, 6) is 0.180. The summed E-state index contributed by atoms with van der Waals surface area (Å²) in [4.78, 5) is 7.21. The average Bonchev–Trinajstić information content (AvgIpc) is 2.92. The van der Waals surface area contributed by atoms with Crippen LogP contribution in [0, 0.1) is 11.3 Å². The zero-order valence-electron chi connectivity index (χ0n) is 11.5. The summed E-state index contributed by atoms with van der Waals surface area (Å²) in [7, 11) is 0. The molecular weight excluding hydrogens is 262 g/mol. The molecule has 3 aromatic rings. The van der Waals surface area contributed by atoms with Gasteiger partial charge in [-0.3, -0.25) is 4.98 Å². The highest BCUT2D eigenvalue weighted by molar-refractivity contribution is 6.05. The third-order valence-electron chi connectivity index (χ3n) is 3.52. The molecule has 4 heteroatoms. The number of nitrogens with one attached hydrogen (secondary N) is 1. The number of hydrogen-bond donors (Lipinski definition) is 2. The zero-order chi connectivity index (χ0) is 14.8. The van der Waals surface area contributed by atoms with Crippen molar-refractivity contribution in [1.82, 2.24) is 9.97 Å². The fourth-order valence-corrected chi connectivity index (χ4v) is 2.39. The first-order chi connectivity index (χ1) is 10.2. The number of allylic oxidation sites excluding steroid dienone is 2. The van der Waals surface area contributed by atoms with Gasteiger partial charge in [-0.15, -0.1) is 0 Å². The highest BCUT2D eigenvalue weighted by Crippen LogP contribution is 2.32. The van der Waals surface area contributed by atoms with Crippen molar-refractivity contribution in [3.8, 4) is 11.8 Å². The van der Waals surface area contributed by atoms with Gasteiger partial charge in [0.1, 0.15) is 11.8 Å². The molecule has 0 fully saturated rings. The van der Waals surface area contributed by atoms with Crippen LogP contribution in [0.2, 0.25) is 0 Å². The third-order valence-corrected chi connectivity index (χ3v) is 3.52. The molecule has 2 N–H and O–H groups in total. The van der Waals surface area contributed by atoms with E-state index in [4.69, 9.17) is 0 Å². The van der Waals surface area contributed by atoms with Crippen LogP contribution in [0.3, 0.4) is 0 Å². The summed E-state index contributed by atoms with van der Waals surface area (Å²) >= 11 is 0. The Morgan fingerprint density at radius 1 is 1.33 bits per heavy atom. The number of aromatic amines is 1. The van der Waals surface area contributed by atoms with Crippen LogP contribution in [0.1, 0.15) is 18.1 Å². The summed E-state index contributed by atoms with van der Waals surface area (Å²) in [5, 5.41) is 20.0. The largest absolute Gasteiger partial charge is 0.508 e. The molecule has 3 rings (SSSR count). The maximum Gasteiger partial charge on any atom is 0.116 e. The van der Waals surface area contributed by atoms with Crippen LogP contribution in [0.25, 0.3) is 22.0 Å². The highest BCUT2D eigenvalue weighted by Gasteiger charge is 2.13. The Balaban J connectivity index is 2.24. The predicted molar refractivity (Wildman–Crippen MR) is 82.3 cm³/mol. The Hall–Kier alpha value is -3.06. The molecule has 102 valence electrons. The molecule has 1 aromatic carbocycles. The fourth-order valence-electron chi connectivity index (χ4n) is 2.39. The second-order valence-electron chi connectivity index (χ2n) is 4.79. The molecule has 0 spiro atoms. The van der Waals surface area contributed by atoms with E-state index < -0.39 is 0 Å². The number of rotatable bonds is 2. The van der Waals surface area contributed by atoms with Gasteiger partial charge in [0.2, 0.25) is 0 Å². The number of aromatic nitrogens is 2. The van der Waals surface area contributed by atoms with E-state index in [2.05, 4.69) is 16.0 Å². The zero-order valence-corrected chi connectivity index (χ0v) is 11.5. The van der Waals surface area contributed by atoms with E-state index in [1.807, 2.05) is 19.1 Å². The van der Waals surface area contributed by atoms with E-state index in [0.717, 1.165) is 27.6 Å². The topological polar surface area (TPSA) is 72.7 Å². The number of hydrogen-bond acceptors (Lipinski definition) is 3. The van der Waals surface area contributed by atoms with Gasteiger partial charge in [0.05, 0.1) is 5.57 Å². The van der Waals surface area contributed by atoms with Crippen molar-refractivity contribution in [1.29, 1.82) is 5.26 Å². The molecule has 0 radical (unpaired) electrons. The molecule has 0 aliphatic heterocycles. The Morgan fingerprint density at radius 2 is 2.19 bits per heavy atom. The van der Waals surface area contributed by atoms with Gasteiger partial charge in [-0.05, 0) is 42.3 Å². The summed E-state index contributed by atoms with van der Waals surface area (Å²) in [6.45, 7) is 1.90. The van der Waals surface area contributed by atoms with Crippen LogP contribution in [-0.4, -0.2) is 15.1 Å². The second kappa shape index (κ2) is 5.14. The summed E-state index contributed by atoms with van der Waals surface area (Å²) in [5.41, 5.74) is 4.00. The molecule has 0 atom stereocenters. The Labute approximate surface area is 122 Å². The van der Waals surface area contributed by atoms with Gasteiger partial charge < -0.3 is 10.1 Å². The quantitative estimate of drug-likeness (QED) is 0.700. The minimum absolute atomic E-state index is 0.180. The standard InChI is InChI=1S/C17H13N3O/c1-11(12-3-2-6-19-9-12)15(8-18)16-10-20-17-5-4-13(21)7-14(16)17/h2-7,9-10,20-21H,1H3/b15-11+. The normalized spacial score (nSPS) is 12.0. The molecule has 0 saturated carbocycles. The first kappa shape index (κ1) is 12.9. The lowest BCUT2D eigenvalue weighted by Crippen LogP contribution is -1.87. The second-order valence-corrected chi connectivity index (χ2v) is 4.79. The lowest BCUT2D eigenvalue weighted by Gasteiger charge is -2.05. The number of phenolic OH excluding ortho intramolecular Hbond substituents is 1. The summed E-state index contributed by atoms with van der Waals surface area (Å²) in [6, 6.07) is 11.1. The Kier molecular flexibility index (Phi) is 3.17. The number of pyridine rings is 1. The van der Waals surface area contributed by atoms with Gasteiger partial charge in [-0.25, -0.2) is 0 Å². The minimum Gasteiger partial charge on any atom is -0.508 e. The minimum atomic E-state index is 0.180. The molecule has 4 nitrogen and oxygen atoms in total. The van der Waals surface area contributed by atoms with Crippen LogP contribution in [0.15, 0.2) is 48.9 Å². The summed E-state index contributed by atoms with van der Waals surface area (Å²) < 4.78 is 0. The molecule has 0 saturated heterocycles. The first-order valence-electron chi connectivity index (χ1n) is 6.52. The molecule has 0 bridgehead atoms. The number of fused-ring (bicyclic) bond motifs is 1. The van der Waals surface area contributed by atoms with Crippen molar-refractivity contribution in [2.45, 2.75) is 6.92 Å². The first-order valence-corrected chi connectivity index (χ1v) is 6.52. The number of aromatic hydroxyl groups is 1. The fraction of sp³-hybridized carbons (Fsp3) is 0.0588.